The maximum absolute atomic E-state index is 9.79. The second-order valence-corrected chi connectivity index (χ2v) is 3.62. The molecule has 12 heavy (non-hydrogen) atoms. The Kier molecular flexibility index (Phi) is 5.31. The van der Waals surface area contributed by atoms with Crippen LogP contribution < -0.4 is 0 Å². The smallest absolute Gasteiger partial charge is 0.264 e. The summed E-state index contributed by atoms with van der Waals surface area (Å²) >= 11 is 0. The third-order valence-corrected chi connectivity index (χ3v) is 1.79. The van der Waals surface area contributed by atoms with Gasteiger partial charge in [-0.05, 0) is 6.42 Å². The second kappa shape index (κ2) is 5.73. The van der Waals surface area contributed by atoms with Crippen LogP contribution in [0.1, 0.15) is 13.3 Å². The minimum absolute atomic E-state index is 0.132. The van der Waals surface area contributed by atoms with Gasteiger partial charge in [0.1, 0.15) is 0 Å². The fraction of sp³-hybridized carbons (Fsp3) is 0.500. The second-order valence-electron chi connectivity index (χ2n) is 2.05. The molecule has 1 aromatic heterocycles. The Morgan fingerprint density at radius 3 is 2.33 bits per heavy atom. The van der Waals surface area contributed by atoms with Crippen LogP contribution in [0, 0.1) is 0 Å². The highest BCUT2D eigenvalue weighted by atomic mass is 32.2. The highest BCUT2D eigenvalue weighted by molar-refractivity contribution is 7.85. The number of nitrogens with one attached hydrogen (secondary N) is 1. The Morgan fingerprint density at radius 1 is 1.58 bits per heavy atom. The van der Waals surface area contributed by atoms with Gasteiger partial charge in [0.15, 0.2) is 0 Å². The van der Waals surface area contributed by atoms with Crippen LogP contribution >= 0.6 is 0 Å². The summed E-state index contributed by atoms with van der Waals surface area (Å²) in [5.41, 5.74) is 0. The fourth-order valence-corrected chi connectivity index (χ4v) is 0.989. The minimum atomic E-state index is -3.67. The van der Waals surface area contributed by atoms with Gasteiger partial charge in [-0.2, -0.15) is 8.42 Å². The quantitative estimate of drug-likeness (QED) is 0.675. The number of imidazole rings is 1. The standard InChI is InChI=1S/C3H4N2.C3H8O3S/c1-2-5-3-4-1;1-2-3-7(4,5)6/h1-3H,(H,4,5);2-3H2,1H3,(H,4,5,6). The zero-order valence-electron chi connectivity index (χ0n) is 6.77. The van der Waals surface area contributed by atoms with Gasteiger partial charge in [0.05, 0.1) is 12.1 Å². The largest absolute Gasteiger partial charge is 0.351 e. The molecular formula is C6H12N2O3S. The van der Waals surface area contributed by atoms with Gasteiger partial charge in [-0.15, -0.1) is 0 Å². The van der Waals surface area contributed by atoms with E-state index >= 15 is 0 Å². The third-order valence-electron chi connectivity index (χ3n) is 0.868. The molecule has 0 saturated carbocycles. The molecule has 1 rings (SSSR count). The van der Waals surface area contributed by atoms with E-state index in [2.05, 4.69) is 9.97 Å². The monoisotopic (exact) mass is 192 g/mol. The summed E-state index contributed by atoms with van der Waals surface area (Å²) in [4.78, 5) is 6.42. The Labute approximate surface area is 71.6 Å². The Bertz CT molecular complexity index is 250. The molecule has 0 saturated heterocycles. The minimum Gasteiger partial charge on any atom is -0.351 e. The molecule has 70 valence electrons. The van der Waals surface area contributed by atoms with E-state index in [-0.39, 0.29) is 5.75 Å². The van der Waals surface area contributed by atoms with E-state index in [0.29, 0.717) is 6.42 Å². The van der Waals surface area contributed by atoms with Crippen molar-refractivity contribution in [3.05, 3.63) is 18.7 Å². The zero-order chi connectivity index (χ0) is 9.45. The molecule has 0 aliphatic carbocycles. The van der Waals surface area contributed by atoms with Crippen molar-refractivity contribution < 1.29 is 13.0 Å². The molecule has 0 unspecified atom stereocenters. The lowest BCUT2D eigenvalue weighted by Crippen LogP contribution is -2.01. The maximum Gasteiger partial charge on any atom is 0.264 e. The number of aromatic amines is 1. The summed E-state index contributed by atoms with van der Waals surface area (Å²) in [7, 11) is -3.67. The van der Waals surface area contributed by atoms with Crippen molar-refractivity contribution in [1.29, 1.82) is 0 Å². The van der Waals surface area contributed by atoms with E-state index in [1.807, 2.05) is 0 Å². The van der Waals surface area contributed by atoms with E-state index < -0.39 is 10.1 Å². The number of aromatic nitrogens is 2. The van der Waals surface area contributed by atoms with Crippen molar-refractivity contribution in [3.8, 4) is 0 Å². The number of rotatable bonds is 2. The molecule has 5 nitrogen and oxygen atoms in total. The van der Waals surface area contributed by atoms with Gasteiger partial charge in [0, 0.05) is 12.4 Å². The molecular weight excluding hydrogens is 180 g/mol. The lowest BCUT2D eigenvalue weighted by molar-refractivity contribution is 0.482. The number of H-pyrrole nitrogens is 1. The summed E-state index contributed by atoms with van der Waals surface area (Å²) < 4.78 is 27.6. The van der Waals surface area contributed by atoms with E-state index in [1.54, 1.807) is 25.6 Å². The average molecular weight is 192 g/mol. The first kappa shape index (κ1) is 11.1. The molecule has 1 heterocycles. The molecule has 0 aliphatic rings. The van der Waals surface area contributed by atoms with Crippen LogP contribution in [0.25, 0.3) is 0 Å². The average Bonchev–Trinajstić information content (AvgIpc) is 2.38. The van der Waals surface area contributed by atoms with E-state index in [1.165, 1.54) is 0 Å². The zero-order valence-corrected chi connectivity index (χ0v) is 7.58. The molecule has 1 aromatic rings. The van der Waals surface area contributed by atoms with Gasteiger partial charge in [-0.3, -0.25) is 4.55 Å². The first-order chi connectivity index (χ1) is 5.56. The Balaban J connectivity index is 0.000000211. The summed E-state index contributed by atoms with van der Waals surface area (Å²) in [5, 5.41) is 0. The molecule has 0 bridgehead atoms. The fourth-order valence-electron chi connectivity index (χ4n) is 0.473. The lowest BCUT2D eigenvalue weighted by atomic mass is 10.6. The number of hydrogen-bond donors (Lipinski definition) is 2. The van der Waals surface area contributed by atoms with Crippen molar-refractivity contribution in [2.24, 2.45) is 0 Å². The Hall–Kier alpha value is -0.880. The predicted octanol–water partition coefficient (Wildman–Crippen LogP) is 0.694. The summed E-state index contributed by atoms with van der Waals surface area (Å²) in [6, 6.07) is 0. The molecule has 0 fully saturated rings. The van der Waals surface area contributed by atoms with Crippen LogP contribution in [0.15, 0.2) is 18.7 Å². The normalized spacial score (nSPS) is 10.2. The van der Waals surface area contributed by atoms with Crippen molar-refractivity contribution in [2.45, 2.75) is 13.3 Å². The highest BCUT2D eigenvalue weighted by Gasteiger charge is 1.98. The van der Waals surface area contributed by atoms with Crippen LogP contribution in [0.5, 0.6) is 0 Å². The van der Waals surface area contributed by atoms with Crippen molar-refractivity contribution in [1.82, 2.24) is 9.97 Å². The molecule has 6 heteroatoms. The molecule has 0 aromatic carbocycles. The molecule has 2 N–H and O–H groups in total. The van der Waals surface area contributed by atoms with Gasteiger partial charge in [0.25, 0.3) is 10.1 Å². The predicted molar refractivity (Wildman–Crippen MR) is 45.3 cm³/mol. The van der Waals surface area contributed by atoms with Crippen LogP contribution in [0.2, 0.25) is 0 Å². The van der Waals surface area contributed by atoms with Gasteiger partial charge in [-0.25, -0.2) is 4.98 Å². The maximum atomic E-state index is 9.79. The van der Waals surface area contributed by atoms with Crippen molar-refractivity contribution in [2.75, 3.05) is 5.75 Å². The molecule has 0 spiro atoms. The van der Waals surface area contributed by atoms with E-state index in [0.717, 1.165) is 0 Å². The van der Waals surface area contributed by atoms with Crippen LogP contribution in [0.3, 0.4) is 0 Å². The summed E-state index contributed by atoms with van der Waals surface area (Å²) in [6.07, 6.45) is 5.55. The van der Waals surface area contributed by atoms with Gasteiger partial charge in [-0.1, -0.05) is 6.92 Å². The van der Waals surface area contributed by atoms with Gasteiger partial charge < -0.3 is 4.98 Å². The topological polar surface area (TPSA) is 83.0 Å². The molecule has 0 radical (unpaired) electrons. The van der Waals surface area contributed by atoms with Gasteiger partial charge >= 0.3 is 0 Å². The summed E-state index contributed by atoms with van der Waals surface area (Å²) in [5.74, 6) is -0.132. The summed E-state index contributed by atoms with van der Waals surface area (Å²) in [6.45, 7) is 1.69. The first-order valence-electron chi connectivity index (χ1n) is 3.44. The molecule has 0 amide bonds. The van der Waals surface area contributed by atoms with Gasteiger partial charge in [0.2, 0.25) is 0 Å². The number of hydrogen-bond acceptors (Lipinski definition) is 3. The third kappa shape index (κ3) is 9.12. The van der Waals surface area contributed by atoms with Crippen molar-refractivity contribution in [3.63, 3.8) is 0 Å². The van der Waals surface area contributed by atoms with E-state index in [9.17, 15) is 8.42 Å². The molecule has 0 aliphatic heterocycles. The Morgan fingerprint density at radius 2 is 2.25 bits per heavy atom. The molecule has 0 atom stereocenters. The lowest BCUT2D eigenvalue weighted by Gasteiger charge is -1.85. The number of nitrogens with zero attached hydrogens (tertiary/aromatic N) is 1. The van der Waals surface area contributed by atoms with Crippen molar-refractivity contribution >= 4 is 10.1 Å². The SMILES string of the molecule is CCCS(=O)(=O)O.c1c[nH]cn1. The van der Waals surface area contributed by atoms with Crippen LogP contribution in [-0.4, -0.2) is 28.7 Å². The first-order valence-corrected chi connectivity index (χ1v) is 5.05. The highest BCUT2D eigenvalue weighted by Crippen LogP contribution is 1.83. The van der Waals surface area contributed by atoms with Crippen LogP contribution in [-0.2, 0) is 10.1 Å². The van der Waals surface area contributed by atoms with E-state index in [4.69, 9.17) is 4.55 Å². The van der Waals surface area contributed by atoms with Crippen LogP contribution in [0.4, 0.5) is 0 Å².